The minimum absolute atomic E-state index is 0.151. The van der Waals surface area contributed by atoms with Crippen molar-refractivity contribution in [1.82, 2.24) is 15.2 Å². The lowest BCUT2D eigenvalue weighted by atomic mass is 10.00. The molecule has 4 rings (SSSR count). The van der Waals surface area contributed by atoms with E-state index >= 15 is 0 Å². The first kappa shape index (κ1) is 18.3. The number of aromatic amines is 1. The van der Waals surface area contributed by atoms with Crippen molar-refractivity contribution in [3.63, 3.8) is 0 Å². The largest absolute Gasteiger partial charge is 0.281 e. The highest BCUT2D eigenvalue weighted by Gasteiger charge is 2.19. The second-order valence-electron chi connectivity index (χ2n) is 6.40. The Balaban J connectivity index is 1.84. The van der Waals surface area contributed by atoms with Crippen LogP contribution < -0.4 is 4.72 Å². The number of rotatable bonds is 5. The molecule has 0 saturated carbocycles. The minimum Gasteiger partial charge on any atom is -0.281 e. The number of H-pyrrole nitrogens is 1. The summed E-state index contributed by atoms with van der Waals surface area (Å²) in [6, 6.07) is 7.06. The van der Waals surface area contributed by atoms with Gasteiger partial charge in [-0.3, -0.25) is 9.82 Å². The van der Waals surface area contributed by atoms with Crippen LogP contribution in [0.2, 0.25) is 0 Å². The summed E-state index contributed by atoms with van der Waals surface area (Å²) in [6.07, 6.45) is 3.60. The predicted octanol–water partition coefficient (Wildman–Crippen LogP) is 4.21. The molecule has 2 N–H and O–H groups in total. The van der Waals surface area contributed by atoms with Crippen molar-refractivity contribution in [2.24, 2.45) is 0 Å². The van der Waals surface area contributed by atoms with Crippen LogP contribution in [0.5, 0.6) is 0 Å². The molecule has 28 heavy (non-hydrogen) atoms. The number of aromatic nitrogens is 3. The summed E-state index contributed by atoms with van der Waals surface area (Å²) in [5.41, 5.74) is 0.313. The molecular formula is C19H16F2N4O2S. The molecule has 0 aliphatic carbocycles. The average Bonchev–Trinajstić information content (AvgIpc) is 3.13. The number of sulfonamides is 1. The average molecular weight is 402 g/mol. The Kier molecular flexibility index (Phi) is 4.46. The first-order valence-corrected chi connectivity index (χ1v) is 10.3. The lowest BCUT2D eigenvalue weighted by molar-refractivity contribution is 0.587. The minimum atomic E-state index is -3.70. The van der Waals surface area contributed by atoms with E-state index in [-0.39, 0.29) is 22.6 Å². The molecule has 0 radical (unpaired) electrons. The number of hydrogen-bond acceptors (Lipinski definition) is 4. The van der Waals surface area contributed by atoms with Gasteiger partial charge in [-0.15, -0.1) is 0 Å². The van der Waals surface area contributed by atoms with E-state index in [1.54, 1.807) is 37.5 Å². The van der Waals surface area contributed by atoms with E-state index < -0.39 is 21.7 Å². The molecule has 0 aliphatic rings. The Hall–Kier alpha value is -3.07. The maximum Gasteiger partial charge on any atom is 0.232 e. The van der Waals surface area contributed by atoms with Gasteiger partial charge in [-0.2, -0.15) is 5.10 Å². The van der Waals surface area contributed by atoms with Crippen molar-refractivity contribution in [2.75, 3.05) is 10.5 Å². The second-order valence-corrected chi connectivity index (χ2v) is 8.24. The highest BCUT2D eigenvalue weighted by molar-refractivity contribution is 7.92. The zero-order valence-electron chi connectivity index (χ0n) is 14.8. The highest BCUT2D eigenvalue weighted by atomic mass is 32.2. The van der Waals surface area contributed by atoms with Crippen LogP contribution in [0, 0.1) is 11.6 Å². The summed E-state index contributed by atoms with van der Waals surface area (Å²) < 4.78 is 55.6. The Bertz CT molecular complexity index is 1300. The molecule has 2 heterocycles. The van der Waals surface area contributed by atoms with Gasteiger partial charge in [-0.25, -0.2) is 22.2 Å². The molecule has 0 atom stereocenters. The molecule has 2 aromatic carbocycles. The zero-order chi connectivity index (χ0) is 19.9. The van der Waals surface area contributed by atoms with Crippen LogP contribution in [0.1, 0.15) is 13.3 Å². The van der Waals surface area contributed by atoms with E-state index in [2.05, 4.69) is 19.9 Å². The molecule has 0 aliphatic heterocycles. The van der Waals surface area contributed by atoms with E-state index in [1.807, 2.05) is 0 Å². The second kappa shape index (κ2) is 6.83. The van der Waals surface area contributed by atoms with Crippen molar-refractivity contribution in [1.29, 1.82) is 0 Å². The first-order chi connectivity index (χ1) is 13.4. The van der Waals surface area contributed by atoms with E-state index in [9.17, 15) is 17.2 Å². The summed E-state index contributed by atoms with van der Waals surface area (Å²) in [6.45, 7) is 1.70. The fourth-order valence-corrected chi connectivity index (χ4v) is 4.29. The summed E-state index contributed by atoms with van der Waals surface area (Å²) in [5.74, 6) is -1.90. The summed E-state index contributed by atoms with van der Waals surface area (Å²) in [7, 11) is -3.70. The molecule has 0 fully saturated rings. The van der Waals surface area contributed by atoms with Gasteiger partial charge in [0.15, 0.2) is 11.5 Å². The van der Waals surface area contributed by atoms with Gasteiger partial charge in [0.2, 0.25) is 10.0 Å². The number of halogens is 2. The van der Waals surface area contributed by atoms with Crippen LogP contribution in [-0.2, 0) is 10.0 Å². The van der Waals surface area contributed by atoms with Gasteiger partial charge < -0.3 is 0 Å². The van der Waals surface area contributed by atoms with Crippen LogP contribution in [0.3, 0.4) is 0 Å². The van der Waals surface area contributed by atoms with Gasteiger partial charge >= 0.3 is 0 Å². The Morgan fingerprint density at radius 2 is 1.93 bits per heavy atom. The van der Waals surface area contributed by atoms with Crippen molar-refractivity contribution >= 4 is 37.5 Å². The van der Waals surface area contributed by atoms with Crippen LogP contribution in [0.15, 0.2) is 42.7 Å². The molecular weight excluding hydrogens is 386 g/mol. The third-order valence-corrected chi connectivity index (χ3v) is 5.89. The van der Waals surface area contributed by atoms with Crippen LogP contribution in [0.25, 0.3) is 32.9 Å². The summed E-state index contributed by atoms with van der Waals surface area (Å²) in [4.78, 5) is 4.24. The number of nitrogens with zero attached hydrogens (tertiary/aromatic N) is 2. The molecule has 0 saturated heterocycles. The first-order valence-electron chi connectivity index (χ1n) is 8.60. The lowest BCUT2D eigenvalue weighted by Crippen LogP contribution is -2.17. The maximum atomic E-state index is 15.0. The zero-order valence-corrected chi connectivity index (χ0v) is 15.6. The Morgan fingerprint density at radius 3 is 2.71 bits per heavy atom. The molecule has 9 heteroatoms. The highest BCUT2D eigenvalue weighted by Crippen LogP contribution is 2.34. The van der Waals surface area contributed by atoms with Gasteiger partial charge in [-0.1, -0.05) is 19.1 Å². The fraction of sp³-hybridized carbons (Fsp3) is 0.158. The van der Waals surface area contributed by atoms with Crippen LogP contribution in [0.4, 0.5) is 14.5 Å². The van der Waals surface area contributed by atoms with E-state index in [0.717, 1.165) is 22.9 Å². The van der Waals surface area contributed by atoms with Crippen molar-refractivity contribution < 1.29 is 17.2 Å². The standard InChI is InChI=1S/C19H16F2N4O2S/c1-2-7-28(26,27)25-16-6-5-15(20)17(18(16)21)11-3-4-13-12(8-11)9-22-19-14(13)10-23-24-19/h3-6,8-10,25H,2,7H2,1H3,(H,22,23,24). The van der Waals surface area contributed by atoms with Gasteiger partial charge in [0.05, 0.1) is 23.2 Å². The normalized spacial score (nSPS) is 12.0. The molecule has 0 spiro atoms. The molecule has 2 aromatic heterocycles. The molecule has 144 valence electrons. The summed E-state index contributed by atoms with van der Waals surface area (Å²) >= 11 is 0. The van der Waals surface area contributed by atoms with E-state index in [4.69, 9.17) is 0 Å². The number of nitrogens with one attached hydrogen (secondary N) is 2. The van der Waals surface area contributed by atoms with E-state index in [0.29, 0.717) is 17.5 Å². The number of fused-ring (bicyclic) bond motifs is 3. The van der Waals surface area contributed by atoms with Gasteiger partial charge in [0, 0.05) is 17.0 Å². The Morgan fingerprint density at radius 1 is 1.11 bits per heavy atom. The van der Waals surface area contributed by atoms with Crippen LogP contribution in [-0.4, -0.2) is 29.4 Å². The molecule has 4 aromatic rings. The third-order valence-electron chi connectivity index (χ3n) is 4.41. The SMILES string of the molecule is CCCS(=O)(=O)Nc1ccc(F)c(-c2ccc3c(cnc4[nH]ncc43)c2)c1F. The van der Waals surface area contributed by atoms with Crippen LogP contribution >= 0.6 is 0 Å². The van der Waals surface area contributed by atoms with Gasteiger partial charge in [-0.05, 0) is 35.6 Å². The quantitative estimate of drug-likeness (QED) is 0.524. The molecule has 6 nitrogen and oxygen atoms in total. The molecule has 0 bridgehead atoms. The molecule has 0 amide bonds. The van der Waals surface area contributed by atoms with Crippen molar-refractivity contribution in [2.45, 2.75) is 13.3 Å². The smallest absolute Gasteiger partial charge is 0.232 e. The lowest BCUT2D eigenvalue weighted by Gasteiger charge is -2.13. The van der Waals surface area contributed by atoms with Gasteiger partial charge in [0.25, 0.3) is 0 Å². The third kappa shape index (κ3) is 3.18. The maximum absolute atomic E-state index is 15.0. The number of anilines is 1. The van der Waals surface area contributed by atoms with E-state index in [1.165, 1.54) is 0 Å². The summed E-state index contributed by atoms with van der Waals surface area (Å²) in [5, 5.41) is 9.03. The molecule has 0 unspecified atom stereocenters. The van der Waals surface area contributed by atoms with Crippen molar-refractivity contribution in [3.8, 4) is 11.1 Å². The monoisotopic (exact) mass is 402 g/mol. The fourth-order valence-electron chi connectivity index (χ4n) is 3.16. The Labute approximate surface area is 159 Å². The topological polar surface area (TPSA) is 87.7 Å². The predicted molar refractivity (Wildman–Crippen MR) is 104 cm³/mol. The van der Waals surface area contributed by atoms with Gasteiger partial charge in [0.1, 0.15) is 5.82 Å². The van der Waals surface area contributed by atoms with Crippen molar-refractivity contribution in [3.05, 3.63) is 54.4 Å². The number of hydrogen-bond donors (Lipinski definition) is 2. The number of benzene rings is 2. The number of pyridine rings is 1.